The Morgan fingerprint density at radius 3 is 2.57 bits per heavy atom. The third-order valence-corrected chi connectivity index (χ3v) is 3.17. The third-order valence-electron chi connectivity index (χ3n) is 2.60. The van der Waals surface area contributed by atoms with Crippen molar-refractivity contribution < 1.29 is 13.2 Å². The van der Waals surface area contributed by atoms with Gasteiger partial charge in [-0.1, -0.05) is 11.6 Å². The van der Waals surface area contributed by atoms with Crippen molar-refractivity contribution in [2.45, 2.75) is 12.6 Å². The summed E-state index contributed by atoms with van der Waals surface area (Å²) in [7, 11) is 3.92. The van der Waals surface area contributed by atoms with E-state index in [4.69, 9.17) is 23.8 Å². The normalized spacial score (nSPS) is 11.6. The fraction of sp³-hybridized carbons (Fsp3) is 0.462. The smallest absolute Gasteiger partial charge is 0.362 e. The molecular weight excluding hydrogens is 323 g/mol. The molecule has 0 atom stereocenters. The minimum atomic E-state index is -4.49. The lowest BCUT2D eigenvalue weighted by molar-refractivity contribution is -0.137. The quantitative estimate of drug-likeness (QED) is 0.633. The molecule has 0 heterocycles. The fourth-order valence-corrected chi connectivity index (χ4v) is 2.04. The molecule has 0 fully saturated rings. The van der Waals surface area contributed by atoms with Gasteiger partial charge in [0.15, 0.2) is 5.11 Å². The Balaban J connectivity index is 2.57. The van der Waals surface area contributed by atoms with Crippen molar-refractivity contribution in [3.63, 3.8) is 0 Å². The van der Waals surface area contributed by atoms with E-state index in [1.54, 1.807) is 0 Å². The fourth-order valence-electron chi connectivity index (χ4n) is 1.59. The lowest BCUT2D eigenvalue weighted by atomic mass is 10.2. The van der Waals surface area contributed by atoms with E-state index in [0.717, 1.165) is 19.0 Å². The van der Waals surface area contributed by atoms with Crippen LogP contribution in [0, 0.1) is 0 Å². The van der Waals surface area contributed by atoms with Gasteiger partial charge in [0, 0.05) is 12.2 Å². The van der Waals surface area contributed by atoms with Crippen molar-refractivity contribution in [3.8, 4) is 0 Å². The van der Waals surface area contributed by atoms with Crippen molar-refractivity contribution in [3.05, 3.63) is 28.8 Å². The summed E-state index contributed by atoms with van der Waals surface area (Å²) >= 11 is 10.6. The molecule has 0 aliphatic carbocycles. The summed E-state index contributed by atoms with van der Waals surface area (Å²) in [6, 6.07) is 3.59. The van der Waals surface area contributed by atoms with Gasteiger partial charge in [-0.15, -0.1) is 0 Å². The molecule has 0 radical (unpaired) electrons. The highest BCUT2D eigenvalue weighted by Crippen LogP contribution is 2.36. The molecule has 0 aromatic heterocycles. The van der Waals surface area contributed by atoms with Crippen molar-refractivity contribution in [2.24, 2.45) is 0 Å². The second kappa shape index (κ2) is 7.82. The maximum atomic E-state index is 12.7. The molecule has 1 rings (SSSR count). The molecule has 0 aliphatic heterocycles. The number of anilines is 1. The SMILES string of the molecule is CN(C)CCCNC(=S)Nc1ccc(Cl)c(C(F)(F)F)c1. The molecule has 0 saturated carbocycles. The van der Waals surface area contributed by atoms with Crippen LogP contribution in [0.3, 0.4) is 0 Å². The summed E-state index contributed by atoms with van der Waals surface area (Å²) in [6.07, 6.45) is -3.61. The predicted octanol–water partition coefficient (Wildman–Crippen LogP) is 3.60. The standard InChI is InChI=1S/C13H17ClF3N3S/c1-20(2)7-3-6-18-12(21)19-9-4-5-11(14)10(8-9)13(15,16)17/h4-5,8H,3,6-7H2,1-2H3,(H2,18,19,21). The van der Waals surface area contributed by atoms with E-state index < -0.39 is 11.7 Å². The maximum Gasteiger partial charge on any atom is 0.417 e. The number of nitrogens with one attached hydrogen (secondary N) is 2. The van der Waals surface area contributed by atoms with Crippen LogP contribution in [-0.4, -0.2) is 37.2 Å². The first kappa shape index (κ1) is 18.0. The van der Waals surface area contributed by atoms with Gasteiger partial charge in [-0.05, 0) is 57.5 Å². The van der Waals surface area contributed by atoms with Gasteiger partial charge in [-0.2, -0.15) is 13.2 Å². The first-order valence-electron chi connectivity index (χ1n) is 6.26. The Hall–Kier alpha value is -1.05. The van der Waals surface area contributed by atoms with Gasteiger partial charge in [-0.3, -0.25) is 0 Å². The number of nitrogens with zero attached hydrogens (tertiary/aromatic N) is 1. The zero-order valence-electron chi connectivity index (χ0n) is 11.7. The summed E-state index contributed by atoms with van der Waals surface area (Å²) in [6.45, 7) is 1.54. The lowest BCUT2D eigenvalue weighted by Crippen LogP contribution is -2.31. The van der Waals surface area contributed by atoms with Gasteiger partial charge in [-0.25, -0.2) is 0 Å². The van der Waals surface area contributed by atoms with Crippen LogP contribution in [-0.2, 0) is 6.18 Å². The highest BCUT2D eigenvalue weighted by atomic mass is 35.5. The largest absolute Gasteiger partial charge is 0.417 e. The van der Waals surface area contributed by atoms with Gasteiger partial charge < -0.3 is 15.5 Å². The Bertz CT molecular complexity index is 492. The van der Waals surface area contributed by atoms with E-state index in [2.05, 4.69) is 10.6 Å². The van der Waals surface area contributed by atoms with Crippen molar-refractivity contribution in [2.75, 3.05) is 32.5 Å². The molecule has 0 spiro atoms. The van der Waals surface area contributed by atoms with Gasteiger partial charge in [0.25, 0.3) is 0 Å². The van der Waals surface area contributed by atoms with Crippen LogP contribution >= 0.6 is 23.8 Å². The number of alkyl halides is 3. The van der Waals surface area contributed by atoms with Crippen molar-refractivity contribution >= 4 is 34.6 Å². The third kappa shape index (κ3) is 6.50. The monoisotopic (exact) mass is 339 g/mol. The zero-order valence-corrected chi connectivity index (χ0v) is 13.3. The highest BCUT2D eigenvalue weighted by Gasteiger charge is 2.33. The van der Waals surface area contributed by atoms with Gasteiger partial charge in [0.05, 0.1) is 10.6 Å². The summed E-state index contributed by atoms with van der Waals surface area (Å²) in [5.41, 5.74) is -0.638. The molecule has 2 N–H and O–H groups in total. The molecule has 0 unspecified atom stereocenters. The summed E-state index contributed by atoms with van der Waals surface area (Å²) in [4.78, 5) is 2.03. The van der Waals surface area contributed by atoms with E-state index >= 15 is 0 Å². The van der Waals surface area contributed by atoms with Crippen LogP contribution in [0.25, 0.3) is 0 Å². The molecule has 0 aliphatic rings. The second-order valence-electron chi connectivity index (χ2n) is 4.73. The average molecular weight is 340 g/mol. The Labute approximate surface area is 132 Å². The van der Waals surface area contributed by atoms with E-state index in [9.17, 15) is 13.2 Å². The van der Waals surface area contributed by atoms with Crippen LogP contribution in [0.15, 0.2) is 18.2 Å². The summed E-state index contributed by atoms with van der Waals surface area (Å²) in [5, 5.41) is 5.60. The van der Waals surface area contributed by atoms with Gasteiger partial charge in [0.2, 0.25) is 0 Å². The first-order chi connectivity index (χ1) is 9.70. The van der Waals surface area contributed by atoms with Crippen LogP contribution in [0.1, 0.15) is 12.0 Å². The molecule has 1 aromatic carbocycles. The van der Waals surface area contributed by atoms with Crippen LogP contribution in [0.4, 0.5) is 18.9 Å². The number of hydrogen-bond acceptors (Lipinski definition) is 2. The minimum absolute atomic E-state index is 0.247. The number of thiocarbonyl (C=S) groups is 1. The van der Waals surface area contributed by atoms with E-state index in [-0.39, 0.29) is 15.8 Å². The predicted molar refractivity (Wildman–Crippen MR) is 83.8 cm³/mol. The van der Waals surface area contributed by atoms with Crippen molar-refractivity contribution in [1.29, 1.82) is 0 Å². The number of hydrogen-bond donors (Lipinski definition) is 2. The zero-order chi connectivity index (χ0) is 16.0. The van der Waals surface area contributed by atoms with E-state index in [1.165, 1.54) is 12.1 Å². The Kier molecular flexibility index (Phi) is 6.70. The minimum Gasteiger partial charge on any atom is -0.362 e. The number of rotatable bonds is 5. The van der Waals surface area contributed by atoms with Crippen LogP contribution < -0.4 is 10.6 Å². The van der Waals surface area contributed by atoms with E-state index in [0.29, 0.717) is 6.54 Å². The molecule has 8 heteroatoms. The first-order valence-corrected chi connectivity index (χ1v) is 7.05. The molecule has 118 valence electrons. The highest BCUT2D eigenvalue weighted by molar-refractivity contribution is 7.80. The lowest BCUT2D eigenvalue weighted by Gasteiger charge is -2.14. The molecule has 3 nitrogen and oxygen atoms in total. The van der Waals surface area contributed by atoms with Crippen LogP contribution in [0.5, 0.6) is 0 Å². The van der Waals surface area contributed by atoms with Crippen LogP contribution in [0.2, 0.25) is 5.02 Å². The molecule has 1 aromatic rings. The van der Waals surface area contributed by atoms with Crippen molar-refractivity contribution in [1.82, 2.24) is 10.2 Å². The topological polar surface area (TPSA) is 27.3 Å². The second-order valence-corrected chi connectivity index (χ2v) is 5.55. The summed E-state index contributed by atoms with van der Waals surface area (Å²) in [5.74, 6) is 0. The molecular formula is C13H17ClF3N3S. The van der Waals surface area contributed by atoms with E-state index in [1.807, 2.05) is 19.0 Å². The average Bonchev–Trinajstić information content (AvgIpc) is 2.35. The molecule has 0 amide bonds. The van der Waals surface area contributed by atoms with Gasteiger partial charge in [0.1, 0.15) is 0 Å². The Morgan fingerprint density at radius 2 is 2.00 bits per heavy atom. The number of halogens is 4. The summed E-state index contributed by atoms with van der Waals surface area (Å²) < 4.78 is 38.2. The molecule has 0 saturated heterocycles. The van der Waals surface area contributed by atoms with Gasteiger partial charge >= 0.3 is 6.18 Å². The Morgan fingerprint density at radius 1 is 1.33 bits per heavy atom. The maximum absolute atomic E-state index is 12.7. The molecule has 0 bridgehead atoms. The molecule has 21 heavy (non-hydrogen) atoms. The number of benzene rings is 1.